The monoisotopic (exact) mass is 308 g/mol. The zero-order valence-corrected chi connectivity index (χ0v) is 12.6. The van der Waals surface area contributed by atoms with Crippen LogP contribution in [0.4, 0.5) is 4.39 Å². The van der Waals surface area contributed by atoms with Crippen molar-refractivity contribution in [3.8, 4) is 0 Å². The van der Waals surface area contributed by atoms with Crippen LogP contribution in [-0.2, 0) is 9.59 Å². The number of nitrogens with one attached hydrogen (secondary N) is 1. The third-order valence-corrected chi connectivity index (χ3v) is 3.91. The summed E-state index contributed by atoms with van der Waals surface area (Å²) in [6, 6.07) is 5.38. The Morgan fingerprint density at radius 3 is 2.77 bits per heavy atom. The number of hydrogen-bond donors (Lipinski definition) is 2. The molecule has 0 bridgehead atoms. The number of aliphatic hydroxyl groups excluding tert-OH is 1. The fraction of sp³-hybridized carbons (Fsp3) is 0.500. The van der Waals surface area contributed by atoms with Gasteiger partial charge in [0.05, 0.1) is 6.10 Å². The first-order chi connectivity index (χ1) is 10.5. The minimum absolute atomic E-state index is 0.0170. The number of carbonyl (C=O) groups is 2. The van der Waals surface area contributed by atoms with Crippen LogP contribution in [0, 0.1) is 5.82 Å². The number of rotatable bonds is 6. The van der Waals surface area contributed by atoms with Gasteiger partial charge in [0, 0.05) is 25.1 Å². The first kappa shape index (κ1) is 16.4. The SMILES string of the molecule is CC[C@@H](C(=O)NC[C@H](O)c1ccccc1F)N1CCCC1=O. The first-order valence-corrected chi connectivity index (χ1v) is 7.54. The lowest BCUT2D eigenvalue weighted by atomic mass is 10.1. The third kappa shape index (κ3) is 3.62. The molecule has 1 aliphatic rings. The van der Waals surface area contributed by atoms with Crippen molar-refractivity contribution < 1.29 is 19.1 Å². The Morgan fingerprint density at radius 1 is 1.45 bits per heavy atom. The Morgan fingerprint density at radius 2 is 2.18 bits per heavy atom. The van der Waals surface area contributed by atoms with Crippen LogP contribution < -0.4 is 5.32 Å². The van der Waals surface area contributed by atoms with Crippen molar-refractivity contribution in [2.45, 2.75) is 38.3 Å². The molecule has 5 nitrogen and oxygen atoms in total. The summed E-state index contributed by atoms with van der Waals surface area (Å²) in [5, 5.41) is 12.6. The van der Waals surface area contributed by atoms with Gasteiger partial charge in [0.25, 0.3) is 0 Å². The van der Waals surface area contributed by atoms with E-state index in [0.29, 0.717) is 19.4 Å². The van der Waals surface area contributed by atoms with Crippen molar-refractivity contribution in [1.82, 2.24) is 10.2 Å². The van der Waals surface area contributed by atoms with E-state index in [-0.39, 0.29) is 23.9 Å². The van der Waals surface area contributed by atoms with E-state index >= 15 is 0 Å². The number of halogens is 1. The van der Waals surface area contributed by atoms with Crippen molar-refractivity contribution >= 4 is 11.8 Å². The molecule has 2 atom stereocenters. The molecule has 0 unspecified atom stereocenters. The molecule has 120 valence electrons. The Kier molecular flexibility index (Phi) is 5.49. The molecule has 0 radical (unpaired) electrons. The van der Waals surface area contributed by atoms with Crippen LogP contribution in [0.15, 0.2) is 24.3 Å². The van der Waals surface area contributed by atoms with Gasteiger partial charge < -0.3 is 15.3 Å². The van der Waals surface area contributed by atoms with Gasteiger partial charge in [-0.1, -0.05) is 25.1 Å². The van der Waals surface area contributed by atoms with Crippen molar-refractivity contribution in [3.05, 3.63) is 35.6 Å². The predicted octanol–water partition coefficient (Wildman–Crippen LogP) is 1.38. The fourth-order valence-corrected chi connectivity index (χ4v) is 2.72. The average Bonchev–Trinajstić information content (AvgIpc) is 2.92. The molecule has 0 aliphatic carbocycles. The number of amides is 2. The van der Waals surface area contributed by atoms with Gasteiger partial charge in [0.1, 0.15) is 11.9 Å². The van der Waals surface area contributed by atoms with Gasteiger partial charge in [-0.05, 0) is 18.9 Å². The molecule has 1 fully saturated rings. The van der Waals surface area contributed by atoms with E-state index < -0.39 is 18.0 Å². The third-order valence-electron chi connectivity index (χ3n) is 3.91. The average molecular weight is 308 g/mol. The number of nitrogens with zero attached hydrogens (tertiary/aromatic N) is 1. The maximum absolute atomic E-state index is 13.6. The van der Waals surface area contributed by atoms with Crippen LogP contribution in [0.3, 0.4) is 0 Å². The summed E-state index contributed by atoms with van der Waals surface area (Å²) in [6.07, 6.45) is 0.632. The van der Waals surface area contributed by atoms with E-state index in [1.807, 2.05) is 6.92 Å². The highest BCUT2D eigenvalue weighted by molar-refractivity contribution is 5.88. The highest BCUT2D eigenvalue weighted by atomic mass is 19.1. The molecule has 1 heterocycles. The molecule has 2 rings (SSSR count). The van der Waals surface area contributed by atoms with E-state index in [1.54, 1.807) is 11.0 Å². The first-order valence-electron chi connectivity index (χ1n) is 7.54. The highest BCUT2D eigenvalue weighted by Crippen LogP contribution is 2.18. The number of benzene rings is 1. The Hall–Kier alpha value is -1.95. The van der Waals surface area contributed by atoms with Gasteiger partial charge in [-0.25, -0.2) is 4.39 Å². The van der Waals surface area contributed by atoms with Crippen molar-refractivity contribution in [2.75, 3.05) is 13.1 Å². The van der Waals surface area contributed by atoms with Crippen molar-refractivity contribution in [2.24, 2.45) is 0 Å². The number of likely N-dealkylation sites (tertiary alicyclic amines) is 1. The van der Waals surface area contributed by atoms with Crippen LogP contribution in [0.1, 0.15) is 37.9 Å². The van der Waals surface area contributed by atoms with E-state index in [1.165, 1.54) is 18.2 Å². The summed E-state index contributed by atoms with van der Waals surface area (Å²) in [5.41, 5.74) is 0.146. The molecule has 6 heteroatoms. The lowest BCUT2D eigenvalue weighted by molar-refractivity contribution is -0.137. The molecule has 0 spiro atoms. The maximum atomic E-state index is 13.6. The molecule has 2 N–H and O–H groups in total. The summed E-state index contributed by atoms with van der Waals surface area (Å²) in [5.74, 6) is -0.837. The molecule has 2 amide bonds. The second-order valence-electron chi connectivity index (χ2n) is 5.40. The van der Waals surface area contributed by atoms with E-state index in [2.05, 4.69) is 5.32 Å². The van der Waals surface area contributed by atoms with Crippen LogP contribution >= 0.6 is 0 Å². The normalized spacial score (nSPS) is 17.4. The van der Waals surface area contributed by atoms with Crippen molar-refractivity contribution in [3.63, 3.8) is 0 Å². The summed E-state index contributed by atoms with van der Waals surface area (Å²) >= 11 is 0. The van der Waals surface area contributed by atoms with Gasteiger partial charge in [-0.3, -0.25) is 9.59 Å². The minimum atomic E-state index is -1.11. The lowest BCUT2D eigenvalue weighted by Gasteiger charge is -2.26. The fourth-order valence-electron chi connectivity index (χ4n) is 2.72. The number of aliphatic hydroxyl groups is 1. The van der Waals surface area contributed by atoms with E-state index in [9.17, 15) is 19.1 Å². The summed E-state index contributed by atoms with van der Waals surface area (Å²) in [4.78, 5) is 25.5. The van der Waals surface area contributed by atoms with E-state index in [4.69, 9.17) is 0 Å². The van der Waals surface area contributed by atoms with Gasteiger partial charge in [0.2, 0.25) is 11.8 Å². The molecule has 1 aromatic carbocycles. The number of carbonyl (C=O) groups excluding carboxylic acids is 2. The summed E-state index contributed by atoms with van der Waals surface area (Å²) in [6.45, 7) is 2.34. The molecule has 1 aliphatic heterocycles. The quantitative estimate of drug-likeness (QED) is 0.834. The predicted molar refractivity (Wildman–Crippen MR) is 79.4 cm³/mol. The van der Waals surface area contributed by atoms with Crippen molar-refractivity contribution in [1.29, 1.82) is 0 Å². The Bertz CT molecular complexity index is 550. The second kappa shape index (κ2) is 7.35. The molecular weight excluding hydrogens is 287 g/mol. The van der Waals surface area contributed by atoms with Crippen LogP contribution in [0.2, 0.25) is 0 Å². The van der Waals surface area contributed by atoms with Gasteiger partial charge >= 0.3 is 0 Å². The highest BCUT2D eigenvalue weighted by Gasteiger charge is 2.31. The molecule has 0 saturated carbocycles. The Balaban J connectivity index is 1.94. The molecule has 1 saturated heterocycles. The molecule has 0 aromatic heterocycles. The zero-order chi connectivity index (χ0) is 16.1. The second-order valence-corrected chi connectivity index (χ2v) is 5.40. The molecule has 22 heavy (non-hydrogen) atoms. The lowest BCUT2D eigenvalue weighted by Crippen LogP contribution is -2.48. The van der Waals surface area contributed by atoms with Gasteiger partial charge in [-0.15, -0.1) is 0 Å². The van der Waals surface area contributed by atoms with Crippen LogP contribution in [-0.4, -0.2) is 41.0 Å². The minimum Gasteiger partial charge on any atom is -0.386 e. The van der Waals surface area contributed by atoms with Gasteiger partial charge in [0.15, 0.2) is 0 Å². The smallest absolute Gasteiger partial charge is 0.242 e. The largest absolute Gasteiger partial charge is 0.386 e. The molecular formula is C16H21FN2O3. The number of hydrogen-bond acceptors (Lipinski definition) is 3. The van der Waals surface area contributed by atoms with Crippen LogP contribution in [0.5, 0.6) is 0 Å². The molecule has 1 aromatic rings. The maximum Gasteiger partial charge on any atom is 0.242 e. The standard InChI is InChI=1S/C16H21FN2O3/c1-2-13(19-9-5-8-15(19)21)16(22)18-10-14(20)11-6-3-4-7-12(11)17/h3-4,6-7,13-14,20H,2,5,8-10H2,1H3,(H,18,22)/t13-,14-/m0/s1. The van der Waals surface area contributed by atoms with E-state index in [0.717, 1.165) is 6.42 Å². The Labute approximate surface area is 129 Å². The summed E-state index contributed by atoms with van der Waals surface area (Å²) < 4.78 is 13.6. The topological polar surface area (TPSA) is 69.6 Å². The van der Waals surface area contributed by atoms with Crippen LogP contribution in [0.25, 0.3) is 0 Å². The van der Waals surface area contributed by atoms with Gasteiger partial charge in [-0.2, -0.15) is 0 Å². The zero-order valence-electron chi connectivity index (χ0n) is 12.6. The summed E-state index contributed by atoms with van der Waals surface area (Å²) in [7, 11) is 0.